The minimum atomic E-state index is 0. The molecular weight excluding hydrogens is 218 g/mol. The van der Waals surface area contributed by atoms with Crippen molar-refractivity contribution in [2.24, 2.45) is 5.41 Å². The number of hydrogen-bond acceptors (Lipinski definition) is 1. The molecule has 0 fully saturated rings. The van der Waals surface area contributed by atoms with Gasteiger partial charge < -0.3 is 5.32 Å². The fourth-order valence-corrected chi connectivity index (χ4v) is 1.63. The van der Waals surface area contributed by atoms with Gasteiger partial charge in [0, 0.05) is 6.54 Å². The first-order chi connectivity index (χ1) is 7.14. The summed E-state index contributed by atoms with van der Waals surface area (Å²) >= 11 is 0. The Balaban J connectivity index is 0.00000225. The molecule has 0 saturated heterocycles. The van der Waals surface area contributed by atoms with Crippen LogP contribution in [0.2, 0.25) is 0 Å². The highest BCUT2D eigenvalue weighted by Gasteiger charge is 2.13. The summed E-state index contributed by atoms with van der Waals surface area (Å²) in [6.07, 6.45) is 5.55. The summed E-state index contributed by atoms with van der Waals surface area (Å²) in [6, 6.07) is 10.4. The van der Waals surface area contributed by atoms with Gasteiger partial charge in [0.15, 0.2) is 0 Å². The lowest BCUT2D eigenvalue weighted by Crippen LogP contribution is -2.25. The van der Waals surface area contributed by atoms with Crippen molar-refractivity contribution in [2.45, 2.75) is 20.3 Å². The maximum atomic E-state index is 3.22. The summed E-state index contributed by atoms with van der Waals surface area (Å²) in [6.45, 7) is 5.60. The van der Waals surface area contributed by atoms with Crippen molar-refractivity contribution in [3.63, 3.8) is 0 Å². The summed E-state index contributed by atoms with van der Waals surface area (Å²) in [5.41, 5.74) is 1.61. The lowest BCUT2D eigenvalue weighted by Gasteiger charge is -2.22. The molecule has 0 heterocycles. The molecule has 1 aromatic carbocycles. The molecule has 16 heavy (non-hydrogen) atoms. The molecule has 1 rings (SSSR count). The summed E-state index contributed by atoms with van der Waals surface area (Å²) in [4.78, 5) is 0. The zero-order valence-electron chi connectivity index (χ0n) is 10.4. The first-order valence-corrected chi connectivity index (χ1v) is 5.50. The van der Waals surface area contributed by atoms with Crippen LogP contribution in [0.3, 0.4) is 0 Å². The Morgan fingerprint density at radius 2 is 1.81 bits per heavy atom. The smallest absolute Gasteiger partial charge is 0.000248 e. The van der Waals surface area contributed by atoms with Crippen molar-refractivity contribution in [1.29, 1.82) is 0 Å². The molecule has 0 bridgehead atoms. The van der Waals surface area contributed by atoms with E-state index < -0.39 is 0 Å². The summed E-state index contributed by atoms with van der Waals surface area (Å²) in [7, 11) is 2.00. The predicted octanol–water partition coefficient (Wildman–Crippen LogP) is 3.76. The van der Waals surface area contributed by atoms with Crippen LogP contribution in [0.25, 0.3) is 6.08 Å². The number of halogens is 1. The SMILES string of the molecule is CNCC(C)(C)C/C=C/c1ccccc1.Cl. The minimum Gasteiger partial charge on any atom is -0.319 e. The molecule has 2 heteroatoms. The Labute approximate surface area is 105 Å². The molecule has 1 nitrogen and oxygen atoms in total. The van der Waals surface area contributed by atoms with Crippen molar-refractivity contribution in [1.82, 2.24) is 5.32 Å². The molecule has 0 aromatic heterocycles. The van der Waals surface area contributed by atoms with E-state index in [9.17, 15) is 0 Å². The average Bonchev–Trinajstić information content (AvgIpc) is 2.19. The first-order valence-electron chi connectivity index (χ1n) is 5.50. The highest BCUT2D eigenvalue weighted by molar-refractivity contribution is 5.85. The molecule has 1 aromatic rings. The zero-order chi connectivity index (χ0) is 11.1. The Morgan fingerprint density at radius 1 is 1.19 bits per heavy atom. The minimum absolute atomic E-state index is 0. The maximum Gasteiger partial charge on any atom is 0.000248 e. The lowest BCUT2D eigenvalue weighted by molar-refractivity contribution is 0.357. The van der Waals surface area contributed by atoms with Gasteiger partial charge in [-0.2, -0.15) is 0 Å². The second-order valence-corrected chi connectivity index (χ2v) is 4.71. The molecule has 0 aliphatic carbocycles. The molecular formula is C14H22ClN. The Morgan fingerprint density at radius 3 is 2.38 bits per heavy atom. The van der Waals surface area contributed by atoms with Crippen LogP contribution in [-0.4, -0.2) is 13.6 Å². The Hall–Kier alpha value is -0.790. The molecule has 1 N–H and O–H groups in total. The van der Waals surface area contributed by atoms with E-state index >= 15 is 0 Å². The van der Waals surface area contributed by atoms with Gasteiger partial charge in [0.2, 0.25) is 0 Å². The Kier molecular flexibility index (Phi) is 7.11. The number of rotatable bonds is 5. The van der Waals surface area contributed by atoms with E-state index in [1.807, 2.05) is 13.1 Å². The molecule has 0 unspecified atom stereocenters. The highest BCUT2D eigenvalue weighted by atomic mass is 35.5. The number of allylic oxidation sites excluding steroid dienone is 1. The number of benzene rings is 1. The van der Waals surface area contributed by atoms with Crippen LogP contribution in [-0.2, 0) is 0 Å². The van der Waals surface area contributed by atoms with E-state index in [1.54, 1.807) is 0 Å². The Bertz CT molecular complexity index is 304. The van der Waals surface area contributed by atoms with Gasteiger partial charge in [0.25, 0.3) is 0 Å². The van der Waals surface area contributed by atoms with Gasteiger partial charge in [0.05, 0.1) is 0 Å². The number of hydrogen-bond donors (Lipinski definition) is 1. The predicted molar refractivity (Wildman–Crippen MR) is 75.0 cm³/mol. The molecule has 0 atom stereocenters. The second-order valence-electron chi connectivity index (χ2n) is 4.71. The third-order valence-corrected chi connectivity index (χ3v) is 2.44. The molecule has 0 saturated carbocycles. The van der Waals surface area contributed by atoms with Crippen LogP contribution >= 0.6 is 12.4 Å². The highest BCUT2D eigenvalue weighted by Crippen LogP contribution is 2.20. The van der Waals surface area contributed by atoms with Crippen LogP contribution in [0, 0.1) is 5.41 Å². The molecule has 0 aliphatic rings. The summed E-state index contributed by atoms with van der Waals surface area (Å²) in [5.74, 6) is 0. The molecule has 0 spiro atoms. The van der Waals surface area contributed by atoms with Crippen LogP contribution in [0.1, 0.15) is 25.8 Å². The fourth-order valence-electron chi connectivity index (χ4n) is 1.63. The van der Waals surface area contributed by atoms with Crippen molar-refractivity contribution in [3.8, 4) is 0 Å². The second kappa shape index (κ2) is 7.48. The number of nitrogens with one attached hydrogen (secondary N) is 1. The van der Waals surface area contributed by atoms with Crippen molar-refractivity contribution in [2.75, 3.05) is 13.6 Å². The van der Waals surface area contributed by atoms with Crippen molar-refractivity contribution in [3.05, 3.63) is 42.0 Å². The molecule has 0 amide bonds. The summed E-state index contributed by atoms with van der Waals surface area (Å²) in [5, 5.41) is 3.22. The fraction of sp³-hybridized carbons (Fsp3) is 0.429. The third-order valence-electron chi connectivity index (χ3n) is 2.44. The van der Waals surface area contributed by atoms with Gasteiger partial charge in [-0.25, -0.2) is 0 Å². The normalized spacial score (nSPS) is 11.4. The molecule has 0 radical (unpaired) electrons. The van der Waals surface area contributed by atoms with E-state index in [0.717, 1.165) is 13.0 Å². The third kappa shape index (κ3) is 5.94. The van der Waals surface area contributed by atoms with Crippen LogP contribution in [0.4, 0.5) is 0 Å². The van der Waals surface area contributed by atoms with Gasteiger partial charge >= 0.3 is 0 Å². The van der Waals surface area contributed by atoms with Crippen LogP contribution < -0.4 is 5.32 Å². The van der Waals surface area contributed by atoms with Gasteiger partial charge in [0.1, 0.15) is 0 Å². The van der Waals surface area contributed by atoms with Crippen LogP contribution in [0.15, 0.2) is 36.4 Å². The van der Waals surface area contributed by atoms with Gasteiger partial charge in [-0.3, -0.25) is 0 Å². The largest absolute Gasteiger partial charge is 0.319 e. The summed E-state index contributed by atoms with van der Waals surface area (Å²) < 4.78 is 0. The van der Waals surface area contributed by atoms with Crippen molar-refractivity contribution >= 4 is 18.5 Å². The average molecular weight is 240 g/mol. The van der Waals surface area contributed by atoms with E-state index in [-0.39, 0.29) is 12.4 Å². The van der Waals surface area contributed by atoms with E-state index in [1.165, 1.54) is 5.56 Å². The topological polar surface area (TPSA) is 12.0 Å². The van der Waals surface area contributed by atoms with E-state index in [0.29, 0.717) is 5.41 Å². The van der Waals surface area contributed by atoms with Crippen LogP contribution in [0.5, 0.6) is 0 Å². The monoisotopic (exact) mass is 239 g/mol. The van der Waals surface area contributed by atoms with E-state index in [4.69, 9.17) is 0 Å². The molecule has 90 valence electrons. The lowest BCUT2D eigenvalue weighted by atomic mass is 9.89. The molecule has 0 aliphatic heterocycles. The quantitative estimate of drug-likeness (QED) is 0.825. The van der Waals surface area contributed by atoms with Gasteiger partial charge in [-0.05, 0) is 24.4 Å². The van der Waals surface area contributed by atoms with Gasteiger partial charge in [-0.1, -0.05) is 56.3 Å². The zero-order valence-corrected chi connectivity index (χ0v) is 11.2. The van der Waals surface area contributed by atoms with Gasteiger partial charge in [-0.15, -0.1) is 12.4 Å². The first kappa shape index (κ1) is 15.2. The standard InChI is InChI=1S/C14H21N.ClH/c1-14(2,12-15-3)11-7-10-13-8-5-4-6-9-13;/h4-10,15H,11-12H2,1-3H3;1H/b10-7+;. The van der Waals surface area contributed by atoms with E-state index in [2.05, 4.69) is 55.6 Å². The maximum absolute atomic E-state index is 3.22. The van der Waals surface area contributed by atoms with Crippen molar-refractivity contribution < 1.29 is 0 Å².